The molecule has 1 aromatic carbocycles. The van der Waals surface area contributed by atoms with Crippen molar-refractivity contribution in [2.24, 2.45) is 0 Å². The van der Waals surface area contributed by atoms with E-state index in [1.807, 2.05) is 6.07 Å². The summed E-state index contributed by atoms with van der Waals surface area (Å²) in [6.45, 7) is 0.742. The van der Waals surface area contributed by atoms with E-state index < -0.39 is 0 Å². The van der Waals surface area contributed by atoms with Crippen molar-refractivity contribution in [1.29, 1.82) is 0 Å². The quantitative estimate of drug-likeness (QED) is 0.686. The molecule has 1 heterocycles. The van der Waals surface area contributed by atoms with E-state index in [0.717, 1.165) is 18.8 Å². The molecule has 1 atom stereocenters. The predicted octanol–water partition coefficient (Wildman–Crippen LogP) is 2.98. The summed E-state index contributed by atoms with van der Waals surface area (Å²) in [6.07, 6.45) is 1.07. The lowest BCUT2D eigenvalue weighted by molar-refractivity contribution is 0.104. The first-order chi connectivity index (χ1) is 6.38. The number of halogens is 1. The Morgan fingerprint density at radius 2 is 2.23 bits per heavy atom. The smallest absolute Gasteiger partial charge is 0.131 e. The second-order valence-electron chi connectivity index (χ2n) is 2.95. The molecular weight excluding hydrogens is 187 g/mol. The Labute approximate surface area is 81.3 Å². The highest BCUT2D eigenvalue weighted by molar-refractivity contribution is 7.99. The third-order valence-corrected chi connectivity index (χ3v) is 3.20. The summed E-state index contributed by atoms with van der Waals surface area (Å²) in [5, 5.41) is 0. The molecule has 1 aliphatic heterocycles. The maximum absolute atomic E-state index is 13.3. The lowest BCUT2D eigenvalue weighted by Crippen LogP contribution is -2.10. The molecule has 0 bridgehead atoms. The van der Waals surface area contributed by atoms with E-state index in [0.29, 0.717) is 5.56 Å². The van der Waals surface area contributed by atoms with Crippen molar-refractivity contribution in [1.82, 2.24) is 0 Å². The van der Waals surface area contributed by atoms with Crippen LogP contribution in [0.15, 0.2) is 24.3 Å². The second-order valence-corrected chi connectivity index (χ2v) is 4.12. The average molecular weight is 198 g/mol. The van der Waals surface area contributed by atoms with Gasteiger partial charge in [-0.15, -0.1) is 11.8 Å². The van der Waals surface area contributed by atoms with Gasteiger partial charge in [0.25, 0.3) is 0 Å². The van der Waals surface area contributed by atoms with Crippen molar-refractivity contribution in [3.63, 3.8) is 0 Å². The van der Waals surface area contributed by atoms with Gasteiger partial charge in [0.05, 0.1) is 0 Å². The Balaban J connectivity index is 2.18. The SMILES string of the molecule is Fc1ccccc1C1OCCCS1. The highest BCUT2D eigenvalue weighted by atomic mass is 32.2. The molecule has 1 saturated heterocycles. The normalized spacial score (nSPS) is 23.0. The molecule has 1 aliphatic rings. The van der Waals surface area contributed by atoms with E-state index in [-0.39, 0.29) is 11.3 Å². The summed E-state index contributed by atoms with van der Waals surface area (Å²) in [5.74, 6) is 0.890. The van der Waals surface area contributed by atoms with E-state index in [1.165, 1.54) is 6.07 Å². The molecule has 1 fully saturated rings. The van der Waals surface area contributed by atoms with Gasteiger partial charge in [-0.3, -0.25) is 0 Å². The summed E-state index contributed by atoms with van der Waals surface area (Å²) < 4.78 is 18.7. The third-order valence-electron chi connectivity index (χ3n) is 1.99. The molecule has 1 unspecified atom stereocenters. The summed E-state index contributed by atoms with van der Waals surface area (Å²) in [5.41, 5.74) is 0.571. The Hall–Kier alpha value is -0.540. The van der Waals surface area contributed by atoms with Gasteiger partial charge in [0, 0.05) is 12.2 Å². The number of hydrogen-bond acceptors (Lipinski definition) is 2. The van der Waals surface area contributed by atoms with Crippen LogP contribution < -0.4 is 0 Å². The third kappa shape index (κ3) is 2.03. The summed E-state index contributed by atoms with van der Waals surface area (Å²) in [4.78, 5) is 0. The van der Waals surface area contributed by atoms with Crippen molar-refractivity contribution < 1.29 is 9.13 Å². The Bertz CT molecular complexity index is 284. The van der Waals surface area contributed by atoms with E-state index in [2.05, 4.69) is 0 Å². The van der Waals surface area contributed by atoms with Gasteiger partial charge in [-0.1, -0.05) is 18.2 Å². The Kier molecular flexibility index (Phi) is 2.86. The van der Waals surface area contributed by atoms with Crippen molar-refractivity contribution >= 4 is 11.8 Å². The van der Waals surface area contributed by atoms with Gasteiger partial charge in [0.2, 0.25) is 0 Å². The minimum atomic E-state index is -0.165. The first-order valence-corrected chi connectivity index (χ1v) is 5.40. The average Bonchev–Trinajstić information content (AvgIpc) is 2.20. The van der Waals surface area contributed by atoms with Gasteiger partial charge >= 0.3 is 0 Å². The molecular formula is C10H11FOS. The molecule has 13 heavy (non-hydrogen) atoms. The van der Waals surface area contributed by atoms with Crippen LogP contribution in [0.2, 0.25) is 0 Å². The van der Waals surface area contributed by atoms with Crippen LogP contribution in [0.1, 0.15) is 17.4 Å². The molecule has 3 heteroatoms. The summed E-state index contributed by atoms with van der Waals surface area (Å²) in [7, 11) is 0. The van der Waals surface area contributed by atoms with E-state index in [1.54, 1.807) is 23.9 Å². The van der Waals surface area contributed by atoms with E-state index in [4.69, 9.17) is 4.74 Å². The van der Waals surface area contributed by atoms with E-state index in [9.17, 15) is 4.39 Å². The fourth-order valence-corrected chi connectivity index (χ4v) is 2.40. The van der Waals surface area contributed by atoms with Gasteiger partial charge in [-0.2, -0.15) is 0 Å². The molecule has 1 aromatic rings. The van der Waals surface area contributed by atoms with Gasteiger partial charge in [-0.25, -0.2) is 4.39 Å². The highest BCUT2D eigenvalue weighted by Crippen LogP contribution is 2.34. The van der Waals surface area contributed by atoms with Crippen molar-refractivity contribution in [2.45, 2.75) is 11.9 Å². The van der Waals surface area contributed by atoms with Crippen LogP contribution in [0.4, 0.5) is 4.39 Å². The first kappa shape index (κ1) is 9.03. The van der Waals surface area contributed by atoms with Gasteiger partial charge in [0.1, 0.15) is 11.3 Å². The molecule has 1 nitrogen and oxygen atoms in total. The van der Waals surface area contributed by atoms with Crippen LogP contribution in [0.25, 0.3) is 0 Å². The lowest BCUT2D eigenvalue weighted by atomic mass is 10.2. The van der Waals surface area contributed by atoms with E-state index >= 15 is 0 Å². The zero-order chi connectivity index (χ0) is 9.10. The van der Waals surface area contributed by atoms with Crippen molar-refractivity contribution in [3.05, 3.63) is 35.6 Å². The topological polar surface area (TPSA) is 9.23 Å². The zero-order valence-corrected chi connectivity index (χ0v) is 8.02. The lowest BCUT2D eigenvalue weighted by Gasteiger charge is -2.22. The van der Waals surface area contributed by atoms with Crippen LogP contribution in [0, 0.1) is 5.82 Å². The number of rotatable bonds is 1. The zero-order valence-electron chi connectivity index (χ0n) is 7.20. The minimum absolute atomic E-state index is 0.102. The van der Waals surface area contributed by atoms with Crippen molar-refractivity contribution in [2.75, 3.05) is 12.4 Å². The van der Waals surface area contributed by atoms with Crippen LogP contribution in [0.3, 0.4) is 0 Å². The fourth-order valence-electron chi connectivity index (χ4n) is 1.33. The highest BCUT2D eigenvalue weighted by Gasteiger charge is 2.19. The number of thioether (sulfide) groups is 1. The fraction of sp³-hybridized carbons (Fsp3) is 0.400. The number of hydrogen-bond donors (Lipinski definition) is 0. The molecule has 2 rings (SSSR count). The van der Waals surface area contributed by atoms with Gasteiger partial charge < -0.3 is 4.74 Å². The van der Waals surface area contributed by atoms with Crippen LogP contribution in [-0.2, 0) is 4.74 Å². The Morgan fingerprint density at radius 3 is 2.92 bits per heavy atom. The molecule has 0 saturated carbocycles. The largest absolute Gasteiger partial charge is 0.363 e. The molecule has 70 valence electrons. The first-order valence-electron chi connectivity index (χ1n) is 4.35. The summed E-state index contributed by atoms with van der Waals surface area (Å²) in [6, 6.07) is 6.81. The number of ether oxygens (including phenoxy) is 1. The summed E-state index contributed by atoms with van der Waals surface area (Å²) >= 11 is 1.67. The van der Waals surface area contributed by atoms with Gasteiger partial charge in [-0.05, 0) is 18.2 Å². The monoisotopic (exact) mass is 198 g/mol. The Morgan fingerprint density at radius 1 is 1.38 bits per heavy atom. The molecule has 0 amide bonds. The van der Waals surface area contributed by atoms with Gasteiger partial charge in [0.15, 0.2) is 0 Å². The van der Waals surface area contributed by atoms with Crippen LogP contribution in [-0.4, -0.2) is 12.4 Å². The molecule has 0 aliphatic carbocycles. The van der Waals surface area contributed by atoms with Crippen molar-refractivity contribution in [3.8, 4) is 0 Å². The van der Waals surface area contributed by atoms with Crippen LogP contribution >= 0.6 is 11.8 Å². The second kappa shape index (κ2) is 4.11. The molecule has 0 aromatic heterocycles. The standard InChI is InChI=1S/C10H11FOS/c11-9-5-2-1-4-8(9)10-12-6-3-7-13-10/h1-2,4-5,10H,3,6-7H2. The molecule has 0 spiro atoms. The van der Waals surface area contributed by atoms with Crippen LogP contribution in [0.5, 0.6) is 0 Å². The number of benzene rings is 1. The molecule has 0 radical (unpaired) electrons. The minimum Gasteiger partial charge on any atom is -0.363 e. The molecule has 0 N–H and O–H groups in total. The maximum atomic E-state index is 13.3. The maximum Gasteiger partial charge on any atom is 0.131 e. The predicted molar refractivity (Wildman–Crippen MR) is 52.2 cm³/mol.